The molecule has 2 nitrogen and oxygen atoms in total. The summed E-state index contributed by atoms with van der Waals surface area (Å²) in [5, 5.41) is 3.60. The van der Waals surface area contributed by atoms with E-state index < -0.39 is 0 Å². The molecule has 1 atom stereocenters. The van der Waals surface area contributed by atoms with Crippen molar-refractivity contribution in [2.45, 2.75) is 39.2 Å². The van der Waals surface area contributed by atoms with Crippen molar-refractivity contribution in [3.8, 4) is 0 Å². The second-order valence-corrected chi connectivity index (χ2v) is 6.01. The molecule has 94 valence electrons. The summed E-state index contributed by atoms with van der Waals surface area (Å²) in [5.74, 6) is 0.789. The fourth-order valence-electron chi connectivity index (χ4n) is 2.12. The molecule has 0 aromatic carbocycles. The summed E-state index contributed by atoms with van der Waals surface area (Å²) in [6.45, 7) is 11.2. The minimum atomic E-state index is 0.234. The van der Waals surface area contributed by atoms with Crippen molar-refractivity contribution in [2.75, 3.05) is 26.2 Å². The Morgan fingerprint density at radius 2 is 2.19 bits per heavy atom. The van der Waals surface area contributed by atoms with Crippen LogP contribution in [0.5, 0.6) is 0 Å². The van der Waals surface area contributed by atoms with Crippen LogP contribution in [-0.4, -0.2) is 36.6 Å². The summed E-state index contributed by atoms with van der Waals surface area (Å²) in [6, 6.07) is 0. The first-order chi connectivity index (χ1) is 7.51. The van der Waals surface area contributed by atoms with Crippen LogP contribution in [0.1, 0.15) is 33.6 Å². The van der Waals surface area contributed by atoms with Crippen molar-refractivity contribution in [1.29, 1.82) is 0 Å². The maximum Gasteiger partial charge on any atom is 0.0174 e. The van der Waals surface area contributed by atoms with E-state index in [-0.39, 0.29) is 5.54 Å². The van der Waals surface area contributed by atoms with Crippen molar-refractivity contribution in [2.24, 2.45) is 5.92 Å². The number of piperidine rings is 1. The van der Waals surface area contributed by atoms with E-state index in [9.17, 15) is 0 Å². The Bertz CT molecular complexity index is 220. The summed E-state index contributed by atoms with van der Waals surface area (Å²) in [5.41, 5.74) is 1.86. The van der Waals surface area contributed by atoms with Crippen LogP contribution in [0.4, 0.5) is 0 Å². The molecule has 0 aromatic heterocycles. The molecule has 0 bridgehead atoms. The minimum Gasteiger partial charge on any atom is -0.312 e. The fourth-order valence-corrected chi connectivity index (χ4v) is 2.20. The smallest absolute Gasteiger partial charge is 0.0174 e. The fraction of sp³-hybridized carbons (Fsp3) is 0.846. The monoisotopic (exact) mass is 244 g/mol. The Morgan fingerprint density at radius 3 is 2.81 bits per heavy atom. The Balaban J connectivity index is 2.27. The lowest BCUT2D eigenvalue weighted by Gasteiger charge is -2.34. The predicted octanol–water partition coefficient (Wildman–Crippen LogP) is 2.84. The van der Waals surface area contributed by atoms with Gasteiger partial charge in [0.25, 0.3) is 0 Å². The van der Waals surface area contributed by atoms with E-state index in [0.29, 0.717) is 0 Å². The first-order valence-corrected chi connectivity index (χ1v) is 6.67. The molecule has 1 N–H and O–H groups in total. The van der Waals surface area contributed by atoms with Crippen LogP contribution in [0.15, 0.2) is 11.6 Å². The molecule has 0 aromatic rings. The molecule has 0 spiro atoms. The average molecular weight is 245 g/mol. The van der Waals surface area contributed by atoms with Crippen LogP contribution in [0.25, 0.3) is 0 Å². The first kappa shape index (κ1) is 14.0. The van der Waals surface area contributed by atoms with Crippen LogP contribution in [0, 0.1) is 5.92 Å². The Hall–Kier alpha value is -0.0500. The van der Waals surface area contributed by atoms with E-state index in [0.717, 1.165) is 19.0 Å². The Kier molecular flexibility index (Phi) is 5.81. The molecule has 0 saturated carbocycles. The van der Waals surface area contributed by atoms with Gasteiger partial charge in [-0.2, -0.15) is 0 Å². The van der Waals surface area contributed by atoms with Crippen LogP contribution < -0.4 is 5.32 Å². The van der Waals surface area contributed by atoms with Gasteiger partial charge < -0.3 is 5.32 Å². The molecule has 1 fully saturated rings. The average Bonchev–Trinajstić information content (AvgIpc) is 2.23. The highest BCUT2D eigenvalue weighted by molar-refractivity contribution is 6.25. The van der Waals surface area contributed by atoms with Gasteiger partial charge in [0, 0.05) is 24.2 Å². The van der Waals surface area contributed by atoms with Gasteiger partial charge in [-0.05, 0) is 52.6 Å². The van der Waals surface area contributed by atoms with Gasteiger partial charge in [-0.3, -0.25) is 4.90 Å². The molecule has 1 heterocycles. The van der Waals surface area contributed by atoms with Gasteiger partial charge in [-0.1, -0.05) is 17.7 Å². The largest absolute Gasteiger partial charge is 0.312 e. The maximum absolute atomic E-state index is 5.56. The van der Waals surface area contributed by atoms with Gasteiger partial charge in [0.1, 0.15) is 0 Å². The number of nitrogens with one attached hydrogen (secondary N) is 1. The molecular formula is C13H25ClN2. The highest BCUT2D eigenvalue weighted by Gasteiger charge is 2.20. The number of nitrogens with zero attached hydrogens (tertiary/aromatic N) is 1. The van der Waals surface area contributed by atoms with Crippen molar-refractivity contribution in [1.82, 2.24) is 10.2 Å². The minimum absolute atomic E-state index is 0.234. The first-order valence-electron chi connectivity index (χ1n) is 6.24. The van der Waals surface area contributed by atoms with Crippen molar-refractivity contribution < 1.29 is 0 Å². The molecule has 0 radical (unpaired) electrons. The van der Waals surface area contributed by atoms with Crippen molar-refractivity contribution >= 4 is 11.6 Å². The molecule has 1 aliphatic heterocycles. The maximum atomic E-state index is 5.56. The van der Waals surface area contributed by atoms with Crippen molar-refractivity contribution in [3.63, 3.8) is 0 Å². The van der Waals surface area contributed by atoms with Crippen LogP contribution in [0.3, 0.4) is 0 Å². The molecule has 1 rings (SSSR count). The lowest BCUT2D eigenvalue weighted by atomic mass is 9.96. The number of halogens is 1. The Morgan fingerprint density at radius 1 is 1.44 bits per heavy atom. The molecule has 16 heavy (non-hydrogen) atoms. The van der Waals surface area contributed by atoms with Crippen LogP contribution >= 0.6 is 11.6 Å². The highest BCUT2D eigenvalue weighted by Crippen LogP contribution is 2.16. The van der Waals surface area contributed by atoms with Crippen LogP contribution in [-0.2, 0) is 0 Å². The van der Waals surface area contributed by atoms with Crippen molar-refractivity contribution in [3.05, 3.63) is 11.6 Å². The third-order valence-corrected chi connectivity index (χ3v) is 3.16. The standard InChI is InChI=1S/C13H25ClN2/c1-13(2,3)15-10-12-6-4-8-16(11-12)9-5-7-14/h5,7,12,15H,4,6,8-11H2,1-3H3. The van der Waals surface area contributed by atoms with Gasteiger partial charge in [0.15, 0.2) is 0 Å². The third-order valence-electron chi connectivity index (χ3n) is 2.98. The third kappa shape index (κ3) is 5.88. The molecule has 0 amide bonds. The van der Waals surface area contributed by atoms with E-state index in [4.69, 9.17) is 11.6 Å². The van der Waals surface area contributed by atoms with Gasteiger partial charge >= 0.3 is 0 Å². The zero-order valence-electron chi connectivity index (χ0n) is 10.8. The molecule has 1 aliphatic rings. The van der Waals surface area contributed by atoms with Gasteiger partial charge in [-0.15, -0.1) is 0 Å². The SMILES string of the molecule is CC(C)(C)NCC1CCCN(CC=CCl)C1. The van der Waals surface area contributed by atoms with Gasteiger partial charge in [0.2, 0.25) is 0 Å². The van der Waals surface area contributed by atoms with Gasteiger partial charge in [0.05, 0.1) is 0 Å². The van der Waals surface area contributed by atoms with E-state index in [1.807, 2.05) is 6.08 Å². The van der Waals surface area contributed by atoms with E-state index >= 15 is 0 Å². The predicted molar refractivity (Wildman–Crippen MR) is 71.9 cm³/mol. The molecule has 3 heteroatoms. The molecule has 0 aliphatic carbocycles. The number of hydrogen-bond donors (Lipinski definition) is 1. The van der Waals surface area contributed by atoms with E-state index in [2.05, 4.69) is 31.0 Å². The topological polar surface area (TPSA) is 15.3 Å². The van der Waals surface area contributed by atoms with E-state index in [1.165, 1.54) is 25.9 Å². The lowest BCUT2D eigenvalue weighted by molar-refractivity contribution is 0.181. The lowest BCUT2D eigenvalue weighted by Crippen LogP contribution is -2.44. The van der Waals surface area contributed by atoms with Gasteiger partial charge in [-0.25, -0.2) is 0 Å². The number of hydrogen-bond acceptors (Lipinski definition) is 2. The second kappa shape index (κ2) is 6.63. The quantitative estimate of drug-likeness (QED) is 0.818. The zero-order valence-corrected chi connectivity index (χ0v) is 11.6. The Labute approximate surface area is 105 Å². The second-order valence-electron chi connectivity index (χ2n) is 5.76. The zero-order chi connectivity index (χ0) is 12.0. The summed E-state index contributed by atoms with van der Waals surface area (Å²) >= 11 is 5.56. The summed E-state index contributed by atoms with van der Waals surface area (Å²) in [4.78, 5) is 2.48. The molecule has 1 saturated heterocycles. The number of rotatable bonds is 4. The molecular weight excluding hydrogens is 220 g/mol. The number of likely N-dealkylation sites (tertiary alicyclic amines) is 1. The molecule has 1 unspecified atom stereocenters. The van der Waals surface area contributed by atoms with Crippen LogP contribution in [0.2, 0.25) is 0 Å². The van der Waals surface area contributed by atoms with E-state index in [1.54, 1.807) is 5.54 Å². The summed E-state index contributed by atoms with van der Waals surface area (Å²) in [6.07, 6.45) is 4.69. The summed E-state index contributed by atoms with van der Waals surface area (Å²) < 4.78 is 0. The summed E-state index contributed by atoms with van der Waals surface area (Å²) in [7, 11) is 0. The highest BCUT2D eigenvalue weighted by atomic mass is 35.5. The normalized spacial score (nSPS) is 24.1.